The van der Waals surface area contributed by atoms with Gasteiger partial charge in [-0.15, -0.1) is 0 Å². The van der Waals surface area contributed by atoms with Gasteiger partial charge in [-0.3, -0.25) is 0 Å². The van der Waals surface area contributed by atoms with Gasteiger partial charge in [0.05, 0.1) is 6.61 Å². The lowest BCUT2D eigenvalue weighted by Gasteiger charge is -2.18. The van der Waals surface area contributed by atoms with Crippen LogP contribution < -0.4 is 4.74 Å². The molecule has 0 heterocycles. The van der Waals surface area contributed by atoms with Crippen molar-refractivity contribution in [2.75, 3.05) is 6.61 Å². The van der Waals surface area contributed by atoms with Crippen molar-refractivity contribution in [1.82, 2.24) is 0 Å². The number of allylic oxidation sites excluding steroid dienone is 4. The van der Waals surface area contributed by atoms with Crippen LogP contribution in [0.3, 0.4) is 0 Å². The van der Waals surface area contributed by atoms with Gasteiger partial charge < -0.3 is 4.74 Å². The van der Waals surface area contributed by atoms with Gasteiger partial charge in [-0.25, -0.2) is 4.39 Å². The Morgan fingerprint density at radius 2 is 1.80 bits per heavy atom. The van der Waals surface area contributed by atoms with Gasteiger partial charge in [-0.05, 0) is 74.6 Å². The molecule has 0 N–H and O–H groups in total. The van der Waals surface area contributed by atoms with Gasteiger partial charge >= 0.3 is 0 Å². The van der Waals surface area contributed by atoms with Crippen LogP contribution in [0.1, 0.15) is 57.9 Å². The molecule has 0 aliphatic heterocycles. The molecular weight excluding hydrogens is 378 g/mol. The normalized spacial score (nSPS) is 16.7. The van der Waals surface area contributed by atoms with E-state index >= 15 is 0 Å². The van der Waals surface area contributed by atoms with E-state index in [4.69, 9.17) is 4.74 Å². The third kappa shape index (κ3) is 5.81. The summed E-state index contributed by atoms with van der Waals surface area (Å²) in [7, 11) is 0. The van der Waals surface area contributed by atoms with Gasteiger partial charge in [0.15, 0.2) is 11.6 Å². The minimum atomic E-state index is -0.928. The highest BCUT2D eigenvalue weighted by Gasteiger charge is 2.15. The molecule has 1 aliphatic rings. The number of hydrogen-bond donors (Lipinski definition) is 0. The minimum absolute atomic E-state index is 0.0443. The van der Waals surface area contributed by atoms with Gasteiger partial charge in [0, 0.05) is 5.56 Å². The SMILES string of the molecule is CCCC1=CCC(/C=C/CCc2ccc(-c3ccc(OCC)c(F)c3F)cc2)CC1. The molecule has 2 aromatic carbocycles. The van der Waals surface area contributed by atoms with Crippen LogP contribution >= 0.6 is 0 Å². The molecule has 3 heteroatoms. The van der Waals surface area contributed by atoms with Crippen LogP contribution in [0.4, 0.5) is 8.78 Å². The molecule has 30 heavy (non-hydrogen) atoms. The van der Waals surface area contributed by atoms with E-state index in [1.54, 1.807) is 18.6 Å². The summed E-state index contributed by atoms with van der Waals surface area (Å²) in [4.78, 5) is 0. The molecule has 0 amide bonds. The summed E-state index contributed by atoms with van der Waals surface area (Å²) in [5.74, 6) is -1.16. The maximum atomic E-state index is 14.4. The Kier molecular flexibility index (Phi) is 8.24. The number of aryl methyl sites for hydroxylation is 1. The molecule has 1 unspecified atom stereocenters. The lowest BCUT2D eigenvalue weighted by Crippen LogP contribution is -2.02. The van der Waals surface area contributed by atoms with Crippen LogP contribution in [-0.2, 0) is 6.42 Å². The highest BCUT2D eigenvalue weighted by molar-refractivity contribution is 5.65. The number of ether oxygens (including phenoxy) is 1. The molecule has 0 saturated carbocycles. The second-order valence-corrected chi connectivity index (χ2v) is 7.98. The first kappa shape index (κ1) is 22.3. The average molecular weight is 411 g/mol. The third-order valence-corrected chi connectivity index (χ3v) is 5.74. The molecule has 1 atom stereocenters. The van der Waals surface area contributed by atoms with Gasteiger partial charge in [0.25, 0.3) is 0 Å². The number of rotatable bonds is 9. The Balaban J connectivity index is 1.54. The van der Waals surface area contributed by atoms with Gasteiger partial charge in [0.1, 0.15) is 0 Å². The van der Waals surface area contributed by atoms with Crippen molar-refractivity contribution < 1.29 is 13.5 Å². The van der Waals surface area contributed by atoms with Gasteiger partial charge in [-0.2, -0.15) is 4.39 Å². The molecule has 1 nitrogen and oxygen atoms in total. The van der Waals surface area contributed by atoms with E-state index < -0.39 is 11.6 Å². The molecule has 0 radical (unpaired) electrons. The Morgan fingerprint density at radius 3 is 2.47 bits per heavy atom. The molecule has 160 valence electrons. The van der Waals surface area contributed by atoms with Crippen molar-refractivity contribution in [3.63, 3.8) is 0 Å². The molecular formula is C27H32F2O. The van der Waals surface area contributed by atoms with E-state index in [2.05, 4.69) is 25.2 Å². The smallest absolute Gasteiger partial charge is 0.201 e. The fourth-order valence-electron chi connectivity index (χ4n) is 4.04. The van der Waals surface area contributed by atoms with E-state index in [0.29, 0.717) is 18.1 Å². The number of halogens is 2. The van der Waals surface area contributed by atoms with Crippen LogP contribution in [0.15, 0.2) is 60.2 Å². The Labute approximate surface area is 179 Å². The first-order chi connectivity index (χ1) is 14.6. The van der Waals surface area contributed by atoms with Crippen molar-refractivity contribution in [2.24, 2.45) is 5.92 Å². The second kappa shape index (κ2) is 11.1. The predicted octanol–water partition coefficient (Wildman–Crippen LogP) is 8.05. The van der Waals surface area contributed by atoms with Crippen LogP contribution in [0, 0.1) is 17.6 Å². The van der Waals surface area contributed by atoms with Crippen molar-refractivity contribution in [1.29, 1.82) is 0 Å². The molecule has 1 aliphatic carbocycles. The van der Waals surface area contributed by atoms with E-state index in [1.807, 2.05) is 24.3 Å². The number of hydrogen-bond acceptors (Lipinski definition) is 1. The number of benzene rings is 2. The molecule has 0 bridgehead atoms. The summed E-state index contributed by atoms with van der Waals surface area (Å²) in [5.41, 5.74) is 3.76. The Hall–Kier alpha value is -2.42. The molecule has 0 aromatic heterocycles. The zero-order valence-electron chi connectivity index (χ0n) is 18.1. The van der Waals surface area contributed by atoms with Crippen LogP contribution in [0.25, 0.3) is 11.1 Å². The molecule has 0 saturated heterocycles. The molecule has 2 aromatic rings. The molecule has 3 rings (SSSR count). The highest BCUT2D eigenvalue weighted by atomic mass is 19.2. The maximum absolute atomic E-state index is 14.4. The van der Waals surface area contributed by atoms with Crippen molar-refractivity contribution in [2.45, 2.75) is 58.8 Å². The van der Waals surface area contributed by atoms with Crippen LogP contribution in [0.5, 0.6) is 5.75 Å². The van der Waals surface area contributed by atoms with Crippen molar-refractivity contribution >= 4 is 0 Å². The predicted molar refractivity (Wildman–Crippen MR) is 121 cm³/mol. The Morgan fingerprint density at radius 1 is 1.00 bits per heavy atom. The monoisotopic (exact) mass is 410 g/mol. The first-order valence-electron chi connectivity index (χ1n) is 11.2. The highest BCUT2D eigenvalue weighted by Crippen LogP contribution is 2.30. The first-order valence-corrected chi connectivity index (χ1v) is 11.2. The van der Waals surface area contributed by atoms with Crippen LogP contribution in [-0.4, -0.2) is 6.61 Å². The van der Waals surface area contributed by atoms with Gasteiger partial charge in [0.2, 0.25) is 5.82 Å². The maximum Gasteiger partial charge on any atom is 0.201 e. The summed E-state index contributed by atoms with van der Waals surface area (Å²) in [5, 5.41) is 0. The van der Waals surface area contributed by atoms with E-state index in [9.17, 15) is 8.78 Å². The minimum Gasteiger partial charge on any atom is -0.491 e. The van der Waals surface area contributed by atoms with Crippen molar-refractivity contribution in [3.05, 3.63) is 77.4 Å². The third-order valence-electron chi connectivity index (χ3n) is 5.74. The Bertz CT molecular complexity index is 880. The second-order valence-electron chi connectivity index (χ2n) is 7.98. The quantitative estimate of drug-likeness (QED) is 0.380. The largest absolute Gasteiger partial charge is 0.491 e. The molecule has 0 fully saturated rings. The zero-order chi connectivity index (χ0) is 21.3. The summed E-state index contributed by atoms with van der Waals surface area (Å²) in [6, 6.07) is 10.8. The van der Waals surface area contributed by atoms with E-state index in [0.717, 1.165) is 12.8 Å². The van der Waals surface area contributed by atoms with E-state index in [-0.39, 0.29) is 11.3 Å². The van der Waals surface area contributed by atoms with E-state index in [1.165, 1.54) is 43.7 Å². The fraction of sp³-hybridized carbons (Fsp3) is 0.407. The summed E-state index contributed by atoms with van der Waals surface area (Å²) in [6.07, 6.45) is 15.2. The summed E-state index contributed by atoms with van der Waals surface area (Å²) >= 11 is 0. The lowest BCUT2D eigenvalue weighted by atomic mass is 9.87. The standard InChI is InChI=1S/C27H32F2O/c1-3-7-20-10-12-21(13-11-20)8-5-6-9-22-14-16-23(17-15-22)24-18-19-25(30-4-2)27(29)26(24)28/h5,8,10,14-19,21H,3-4,6-7,9,11-13H2,1-2H3/b8-5+. The average Bonchev–Trinajstić information content (AvgIpc) is 2.77. The molecule has 0 spiro atoms. The lowest BCUT2D eigenvalue weighted by molar-refractivity contribution is 0.314. The summed E-state index contributed by atoms with van der Waals surface area (Å²) in [6.45, 7) is 4.29. The summed E-state index contributed by atoms with van der Waals surface area (Å²) < 4.78 is 33.6. The van der Waals surface area contributed by atoms with Gasteiger partial charge in [-0.1, -0.05) is 61.4 Å². The fourth-order valence-corrected chi connectivity index (χ4v) is 4.04. The topological polar surface area (TPSA) is 9.23 Å². The van der Waals surface area contributed by atoms with Crippen molar-refractivity contribution in [3.8, 4) is 16.9 Å². The zero-order valence-corrected chi connectivity index (χ0v) is 18.1. The van der Waals surface area contributed by atoms with Crippen LogP contribution in [0.2, 0.25) is 0 Å².